The maximum absolute atomic E-state index is 12.2. The van der Waals surface area contributed by atoms with Crippen LogP contribution in [0.15, 0.2) is 48.5 Å². The minimum Gasteiger partial charge on any atom is -0.504 e. The van der Waals surface area contributed by atoms with Crippen LogP contribution in [-0.4, -0.2) is 41.2 Å². The van der Waals surface area contributed by atoms with E-state index in [0.717, 1.165) is 12.8 Å². The molecule has 0 fully saturated rings. The maximum atomic E-state index is 12.2. The molecule has 0 saturated heterocycles. The molecule has 144 valence electrons. The van der Waals surface area contributed by atoms with Crippen LogP contribution < -0.4 is 16.4 Å². The largest absolute Gasteiger partial charge is 0.504 e. The van der Waals surface area contributed by atoms with Crippen molar-refractivity contribution >= 4 is 11.8 Å². The van der Waals surface area contributed by atoms with Crippen molar-refractivity contribution in [3.63, 3.8) is 0 Å². The molecule has 0 spiro atoms. The number of amides is 2. The Hall–Kier alpha value is -3.06. The average molecular weight is 371 g/mol. The van der Waals surface area contributed by atoms with Crippen molar-refractivity contribution in [3.05, 3.63) is 59.7 Å². The van der Waals surface area contributed by atoms with Gasteiger partial charge in [0, 0.05) is 24.7 Å². The molecule has 2 amide bonds. The van der Waals surface area contributed by atoms with Gasteiger partial charge in [-0.05, 0) is 43.5 Å². The van der Waals surface area contributed by atoms with Crippen LogP contribution in [0.25, 0.3) is 0 Å². The van der Waals surface area contributed by atoms with Crippen molar-refractivity contribution < 1.29 is 19.8 Å². The summed E-state index contributed by atoms with van der Waals surface area (Å²) in [5, 5.41) is 24.8. The molecule has 0 unspecified atom stereocenters. The Morgan fingerprint density at radius 2 is 1.70 bits per heavy atom. The minimum atomic E-state index is -0.490. The number of para-hydroxylation sites is 1. The van der Waals surface area contributed by atoms with E-state index in [4.69, 9.17) is 5.73 Å². The second-order valence-electron chi connectivity index (χ2n) is 6.20. The molecule has 0 saturated carbocycles. The topological polar surface area (TPSA) is 125 Å². The van der Waals surface area contributed by atoms with Crippen molar-refractivity contribution in [1.29, 1.82) is 0 Å². The van der Waals surface area contributed by atoms with Crippen molar-refractivity contribution in [2.75, 3.05) is 13.1 Å². The van der Waals surface area contributed by atoms with Gasteiger partial charge in [0.05, 0.1) is 5.56 Å². The van der Waals surface area contributed by atoms with Gasteiger partial charge >= 0.3 is 0 Å². The molecule has 0 heterocycles. The van der Waals surface area contributed by atoms with E-state index in [2.05, 4.69) is 10.6 Å². The number of carbonyl (C=O) groups excluding carboxylic acids is 2. The van der Waals surface area contributed by atoms with Gasteiger partial charge in [-0.2, -0.15) is 0 Å². The molecule has 0 aliphatic heterocycles. The molecule has 7 heteroatoms. The lowest BCUT2D eigenvalue weighted by Crippen LogP contribution is -2.40. The third-order valence-electron chi connectivity index (χ3n) is 4.18. The summed E-state index contributed by atoms with van der Waals surface area (Å²) in [5.74, 6) is -1.40. The zero-order chi connectivity index (χ0) is 19.6. The Morgan fingerprint density at radius 1 is 0.963 bits per heavy atom. The van der Waals surface area contributed by atoms with Crippen LogP contribution >= 0.6 is 0 Å². The number of carbonyl (C=O) groups is 2. The fourth-order valence-electron chi connectivity index (χ4n) is 2.64. The molecule has 2 rings (SSSR count). The standard InChI is InChI=1S/C20H25N3O4/c21-13-15(23-20(27)16-10-6-11-17(24)18(16)25)9-4-5-12-22-19(26)14-7-2-1-3-8-14/h1-3,6-8,10-11,15,24-25H,4-5,9,12-13,21H2,(H,22,26)(H,23,27)/t15-/m0/s1. The van der Waals surface area contributed by atoms with Gasteiger partial charge < -0.3 is 26.6 Å². The van der Waals surface area contributed by atoms with Crippen LogP contribution in [0.4, 0.5) is 0 Å². The first-order chi connectivity index (χ1) is 13.0. The Morgan fingerprint density at radius 3 is 2.41 bits per heavy atom. The van der Waals surface area contributed by atoms with Crippen molar-refractivity contribution in [2.45, 2.75) is 25.3 Å². The summed E-state index contributed by atoms with van der Waals surface area (Å²) >= 11 is 0. The molecule has 1 atom stereocenters. The van der Waals surface area contributed by atoms with E-state index < -0.39 is 11.7 Å². The Kier molecular flexibility index (Phi) is 7.63. The number of benzene rings is 2. The van der Waals surface area contributed by atoms with Gasteiger partial charge in [-0.3, -0.25) is 9.59 Å². The van der Waals surface area contributed by atoms with Crippen LogP contribution in [0.2, 0.25) is 0 Å². The van der Waals surface area contributed by atoms with Crippen LogP contribution in [-0.2, 0) is 0 Å². The highest BCUT2D eigenvalue weighted by atomic mass is 16.3. The molecule has 2 aromatic carbocycles. The van der Waals surface area contributed by atoms with Crippen LogP contribution in [0, 0.1) is 0 Å². The molecule has 0 aliphatic carbocycles. The van der Waals surface area contributed by atoms with Crippen LogP contribution in [0.5, 0.6) is 11.5 Å². The molecule has 2 aromatic rings. The molecule has 0 radical (unpaired) electrons. The molecule has 27 heavy (non-hydrogen) atoms. The summed E-state index contributed by atoms with van der Waals surface area (Å²) in [5.41, 5.74) is 6.33. The van der Waals surface area contributed by atoms with Gasteiger partial charge in [-0.25, -0.2) is 0 Å². The van der Waals surface area contributed by atoms with E-state index in [0.29, 0.717) is 18.5 Å². The van der Waals surface area contributed by atoms with E-state index >= 15 is 0 Å². The van der Waals surface area contributed by atoms with E-state index in [1.165, 1.54) is 18.2 Å². The molecule has 7 nitrogen and oxygen atoms in total. The summed E-state index contributed by atoms with van der Waals surface area (Å²) in [6, 6.07) is 12.9. The highest BCUT2D eigenvalue weighted by molar-refractivity contribution is 5.97. The van der Waals surface area contributed by atoms with E-state index in [9.17, 15) is 19.8 Å². The van der Waals surface area contributed by atoms with E-state index in [-0.39, 0.29) is 29.8 Å². The Balaban J connectivity index is 1.73. The number of nitrogens with one attached hydrogen (secondary N) is 2. The predicted octanol–water partition coefficient (Wildman–Crippen LogP) is 1.76. The lowest BCUT2D eigenvalue weighted by molar-refractivity contribution is 0.0931. The predicted molar refractivity (Wildman–Crippen MR) is 103 cm³/mol. The number of rotatable bonds is 9. The first-order valence-electron chi connectivity index (χ1n) is 8.88. The number of phenolic OH excluding ortho intramolecular Hbond substituents is 2. The second kappa shape index (κ2) is 10.2. The molecular weight excluding hydrogens is 346 g/mol. The summed E-state index contributed by atoms with van der Waals surface area (Å²) in [6.07, 6.45) is 2.16. The zero-order valence-electron chi connectivity index (χ0n) is 15.0. The molecule has 6 N–H and O–H groups in total. The maximum Gasteiger partial charge on any atom is 0.255 e. The Labute approximate surface area is 158 Å². The first-order valence-corrected chi connectivity index (χ1v) is 8.88. The number of nitrogens with two attached hydrogens (primary N) is 1. The van der Waals surface area contributed by atoms with Gasteiger partial charge in [0.15, 0.2) is 11.5 Å². The first kappa shape index (κ1) is 20.3. The second-order valence-corrected chi connectivity index (χ2v) is 6.20. The van der Waals surface area contributed by atoms with Gasteiger partial charge in [0.2, 0.25) is 0 Å². The third-order valence-corrected chi connectivity index (χ3v) is 4.18. The smallest absolute Gasteiger partial charge is 0.255 e. The molecule has 0 bridgehead atoms. The lowest BCUT2D eigenvalue weighted by Gasteiger charge is -2.17. The average Bonchev–Trinajstić information content (AvgIpc) is 2.69. The summed E-state index contributed by atoms with van der Waals surface area (Å²) in [6.45, 7) is 0.786. The van der Waals surface area contributed by atoms with Crippen molar-refractivity contribution in [3.8, 4) is 11.5 Å². The van der Waals surface area contributed by atoms with Gasteiger partial charge in [0.1, 0.15) is 0 Å². The number of phenols is 2. The van der Waals surface area contributed by atoms with Crippen molar-refractivity contribution in [2.24, 2.45) is 5.73 Å². The lowest BCUT2D eigenvalue weighted by atomic mass is 10.1. The SMILES string of the molecule is NC[C@H](CCCCNC(=O)c1ccccc1)NC(=O)c1cccc(O)c1O. The fourth-order valence-corrected chi connectivity index (χ4v) is 2.64. The monoisotopic (exact) mass is 371 g/mol. The zero-order valence-corrected chi connectivity index (χ0v) is 15.0. The normalized spacial score (nSPS) is 11.6. The number of unbranched alkanes of at least 4 members (excludes halogenated alkanes) is 1. The highest BCUT2D eigenvalue weighted by Gasteiger charge is 2.17. The summed E-state index contributed by atoms with van der Waals surface area (Å²) in [7, 11) is 0. The van der Waals surface area contributed by atoms with Gasteiger partial charge in [-0.1, -0.05) is 24.3 Å². The van der Waals surface area contributed by atoms with Crippen LogP contribution in [0.3, 0.4) is 0 Å². The van der Waals surface area contributed by atoms with Crippen LogP contribution in [0.1, 0.15) is 40.0 Å². The number of hydrogen-bond acceptors (Lipinski definition) is 5. The summed E-state index contributed by atoms with van der Waals surface area (Å²) < 4.78 is 0. The van der Waals surface area contributed by atoms with E-state index in [1.54, 1.807) is 12.1 Å². The minimum absolute atomic E-state index is 0.00331. The number of hydrogen-bond donors (Lipinski definition) is 5. The highest BCUT2D eigenvalue weighted by Crippen LogP contribution is 2.28. The van der Waals surface area contributed by atoms with Gasteiger partial charge in [0.25, 0.3) is 11.8 Å². The Bertz CT molecular complexity index is 765. The third kappa shape index (κ3) is 6.00. The fraction of sp³-hybridized carbons (Fsp3) is 0.300. The summed E-state index contributed by atoms with van der Waals surface area (Å²) in [4.78, 5) is 24.2. The number of aromatic hydroxyl groups is 2. The van der Waals surface area contributed by atoms with Crippen molar-refractivity contribution in [1.82, 2.24) is 10.6 Å². The van der Waals surface area contributed by atoms with Gasteiger partial charge in [-0.15, -0.1) is 0 Å². The molecule has 0 aliphatic rings. The quantitative estimate of drug-likeness (QED) is 0.339. The van der Waals surface area contributed by atoms with E-state index in [1.807, 2.05) is 18.2 Å². The molecular formula is C20H25N3O4. The molecule has 0 aromatic heterocycles.